The second-order valence-electron chi connectivity index (χ2n) is 4.63. The van der Waals surface area contributed by atoms with E-state index < -0.39 is 0 Å². The van der Waals surface area contributed by atoms with Gasteiger partial charge in [0.05, 0.1) is 12.7 Å². The van der Waals surface area contributed by atoms with Crippen molar-refractivity contribution in [3.05, 3.63) is 66.0 Å². The first kappa shape index (κ1) is 13.7. The van der Waals surface area contributed by atoms with Crippen LogP contribution >= 0.6 is 0 Å². The Bertz CT molecular complexity index is 471. The second-order valence-corrected chi connectivity index (χ2v) is 4.63. The summed E-state index contributed by atoms with van der Waals surface area (Å²) in [6.07, 6.45) is 2.54. The number of pyridine rings is 1. The Balaban J connectivity index is 1.92. The lowest BCUT2D eigenvalue weighted by molar-refractivity contribution is 0.0400. The maximum absolute atomic E-state index is 6.01. The SMILES string of the molecule is CC(N)C(OCCc1ccccn1)c1ccccc1. The van der Waals surface area contributed by atoms with Gasteiger partial charge in [-0.15, -0.1) is 0 Å². The molecule has 2 N–H and O–H groups in total. The summed E-state index contributed by atoms with van der Waals surface area (Å²) in [5, 5.41) is 0. The minimum Gasteiger partial charge on any atom is -0.372 e. The van der Waals surface area contributed by atoms with Crippen LogP contribution in [0, 0.1) is 0 Å². The highest BCUT2D eigenvalue weighted by Gasteiger charge is 2.16. The molecule has 0 radical (unpaired) electrons. The average Bonchev–Trinajstić information content (AvgIpc) is 2.45. The third-order valence-corrected chi connectivity index (χ3v) is 2.99. The number of rotatable bonds is 6. The molecule has 1 heterocycles. The monoisotopic (exact) mass is 256 g/mol. The summed E-state index contributed by atoms with van der Waals surface area (Å²) in [4.78, 5) is 4.28. The normalized spacial score (nSPS) is 14.0. The van der Waals surface area contributed by atoms with Crippen molar-refractivity contribution < 1.29 is 4.74 Å². The van der Waals surface area contributed by atoms with Gasteiger partial charge in [0.25, 0.3) is 0 Å². The van der Waals surface area contributed by atoms with E-state index in [1.807, 2.05) is 43.3 Å². The Labute approximate surface area is 114 Å². The second kappa shape index (κ2) is 7.02. The first-order chi connectivity index (χ1) is 9.27. The van der Waals surface area contributed by atoms with Gasteiger partial charge in [-0.25, -0.2) is 0 Å². The van der Waals surface area contributed by atoms with Crippen LogP contribution in [0.1, 0.15) is 24.3 Å². The highest BCUT2D eigenvalue weighted by molar-refractivity contribution is 5.18. The smallest absolute Gasteiger partial charge is 0.0973 e. The molecule has 0 saturated carbocycles. The van der Waals surface area contributed by atoms with Crippen molar-refractivity contribution in [3.63, 3.8) is 0 Å². The zero-order chi connectivity index (χ0) is 13.5. The van der Waals surface area contributed by atoms with E-state index in [0.29, 0.717) is 6.61 Å². The van der Waals surface area contributed by atoms with Gasteiger partial charge in [-0.05, 0) is 24.6 Å². The molecule has 2 rings (SSSR count). The number of aromatic nitrogens is 1. The molecule has 3 heteroatoms. The fourth-order valence-electron chi connectivity index (χ4n) is 2.03. The molecule has 0 saturated heterocycles. The topological polar surface area (TPSA) is 48.1 Å². The third-order valence-electron chi connectivity index (χ3n) is 2.99. The van der Waals surface area contributed by atoms with E-state index in [1.165, 1.54) is 0 Å². The minimum atomic E-state index is -0.0649. The fraction of sp³-hybridized carbons (Fsp3) is 0.312. The lowest BCUT2D eigenvalue weighted by Gasteiger charge is -2.21. The van der Waals surface area contributed by atoms with Crippen LogP contribution in [0.3, 0.4) is 0 Å². The summed E-state index contributed by atoms with van der Waals surface area (Å²) < 4.78 is 5.93. The lowest BCUT2D eigenvalue weighted by Crippen LogP contribution is -2.27. The van der Waals surface area contributed by atoms with Gasteiger partial charge in [0.2, 0.25) is 0 Å². The van der Waals surface area contributed by atoms with E-state index in [9.17, 15) is 0 Å². The van der Waals surface area contributed by atoms with Gasteiger partial charge in [-0.3, -0.25) is 4.98 Å². The Morgan fingerprint density at radius 3 is 2.47 bits per heavy atom. The molecule has 3 nitrogen and oxygen atoms in total. The molecule has 100 valence electrons. The van der Waals surface area contributed by atoms with Gasteiger partial charge in [0, 0.05) is 24.4 Å². The van der Waals surface area contributed by atoms with Crippen molar-refractivity contribution in [1.29, 1.82) is 0 Å². The first-order valence-electron chi connectivity index (χ1n) is 6.59. The zero-order valence-electron chi connectivity index (χ0n) is 11.2. The number of nitrogens with two attached hydrogens (primary N) is 1. The quantitative estimate of drug-likeness (QED) is 0.864. The molecule has 0 aliphatic rings. The van der Waals surface area contributed by atoms with Crippen molar-refractivity contribution in [3.8, 4) is 0 Å². The largest absolute Gasteiger partial charge is 0.372 e. The summed E-state index contributed by atoms with van der Waals surface area (Å²) in [5.74, 6) is 0. The predicted octanol–water partition coefficient (Wildman–Crippen LogP) is 2.73. The van der Waals surface area contributed by atoms with Gasteiger partial charge in [0.1, 0.15) is 0 Å². The molecule has 19 heavy (non-hydrogen) atoms. The number of hydrogen-bond donors (Lipinski definition) is 1. The first-order valence-corrected chi connectivity index (χ1v) is 6.59. The molecule has 0 aliphatic carbocycles. The number of hydrogen-bond acceptors (Lipinski definition) is 3. The standard InChI is InChI=1S/C16H20N2O/c1-13(17)16(14-7-3-2-4-8-14)19-12-10-15-9-5-6-11-18-15/h2-9,11,13,16H,10,12,17H2,1H3. The summed E-state index contributed by atoms with van der Waals surface area (Å²) in [6, 6.07) is 16.0. The molecular weight excluding hydrogens is 236 g/mol. The van der Waals surface area contributed by atoms with Crippen molar-refractivity contribution in [2.75, 3.05) is 6.61 Å². The van der Waals surface area contributed by atoms with Crippen LogP contribution in [0.15, 0.2) is 54.7 Å². The predicted molar refractivity (Wildman–Crippen MR) is 76.7 cm³/mol. The molecule has 2 unspecified atom stereocenters. The van der Waals surface area contributed by atoms with Crippen LogP contribution in [0.2, 0.25) is 0 Å². The molecule has 2 atom stereocenters. The van der Waals surface area contributed by atoms with E-state index in [4.69, 9.17) is 10.5 Å². The molecule has 0 fully saturated rings. The Morgan fingerprint density at radius 2 is 1.84 bits per heavy atom. The Kier molecular flexibility index (Phi) is 5.07. The molecule has 1 aromatic carbocycles. The molecule has 0 amide bonds. The maximum atomic E-state index is 6.01. The highest BCUT2D eigenvalue weighted by Crippen LogP contribution is 2.20. The number of benzene rings is 1. The van der Waals surface area contributed by atoms with Gasteiger partial charge in [-0.1, -0.05) is 36.4 Å². The Morgan fingerprint density at radius 1 is 1.11 bits per heavy atom. The van der Waals surface area contributed by atoms with Crippen molar-refractivity contribution in [1.82, 2.24) is 4.98 Å². The number of nitrogens with zero attached hydrogens (tertiary/aromatic N) is 1. The molecule has 2 aromatic rings. The van der Waals surface area contributed by atoms with Gasteiger partial charge < -0.3 is 10.5 Å². The van der Waals surface area contributed by atoms with E-state index in [-0.39, 0.29) is 12.1 Å². The minimum absolute atomic E-state index is 0.0360. The lowest BCUT2D eigenvalue weighted by atomic mass is 10.0. The maximum Gasteiger partial charge on any atom is 0.0973 e. The van der Waals surface area contributed by atoms with Crippen LogP contribution in [0.25, 0.3) is 0 Å². The van der Waals surface area contributed by atoms with Crippen molar-refractivity contribution >= 4 is 0 Å². The number of ether oxygens (including phenoxy) is 1. The van der Waals surface area contributed by atoms with Crippen LogP contribution < -0.4 is 5.73 Å². The van der Waals surface area contributed by atoms with Crippen molar-refractivity contribution in [2.24, 2.45) is 5.73 Å². The van der Waals surface area contributed by atoms with E-state index in [0.717, 1.165) is 17.7 Å². The molecule has 0 aliphatic heterocycles. The summed E-state index contributed by atoms with van der Waals surface area (Å²) in [6.45, 7) is 2.59. The molecule has 0 bridgehead atoms. The van der Waals surface area contributed by atoms with Crippen molar-refractivity contribution in [2.45, 2.75) is 25.5 Å². The summed E-state index contributed by atoms with van der Waals surface area (Å²) in [5.41, 5.74) is 8.17. The summed E-state index contributed by atoms with van der Waals surface area (Å²) in [7, 11) is 0. The zero-order valence-corrected chi connectivity index (χ0v) is 11.2. The van der Waals surface area contributed by atoms with E-state index in [2.05, 4.69) is 17.1 Å². The van der Waals surface area contributed by atoms with E-state index in [1.54, 1.807) is 6.20 Å². The van der Waals surface area contributed by atoms with Crippen LogP contribution in [-0.4, -0.2) is 17.6 Å². The average molecular weight is 256 g/mol. The van der Waals surface area contributed by atoms with E-state index >= 15 is 0 Å². The van der Waals surface area contributed by atoms with Gasteiger partial charge in [-0.2, -0.15) is 0 Å². The third kappa shape index (κ3) is 4.16. The van der Waals surface area contributed by atoms with Crippen LogP contribution in [-0.2, 0) is 11.2 Å². The van der Waals surface area contributed by atoms with Crippen LogP contribution in [0.5, 0.6) is 0 Å². The molecule has 1 aromatic heterocycles. The fourth-order valence-corrected chi connectivity index (χ4v) is 2.03. The molecule has 0 spiro atoms. The highest BCUT2D eigenvalue weighted by atomic mass is 16.5. The van der Waals surface area contributed by atoms with Gasteiger partial charge >= 0.3 is 0 Å². The van der Waals surface area contributed by atoms with Gasteiger partial charge in [0.15, 0.2) is 0 Å². The van der Waals surface area contributed by atoms with Crippen LogP contribution in [0.4, 0.5) is 0 Å². The Hall–Kier alpha value is -1.71. The molecular formula is C16H20N2O. The summed E-state index contributed by atoms with van der Waals surface area (Å²) >= 11 is 0.